The minimum atomic E-state index is -0.412. The van der Waals surface area contributed by atoms with Crippen molar-refractivity contribution in [3.8, 4) is 0 Å². The lowest BCUT2D eigenvalue weighted by Crippen LogP contribution is -2.36. The average Bonchev–Trinajstić information content (AvgIpc) is 3.07. The molecule has 1 aromatic carbocycles. The zero-order chi connectivity index (χ0) is 16.9. The van der Waals surface area contributed by atoms with Gasteiger partial charge in [-0.2, -0.15) is 0 Å². The number of hydrogen-bond acceptors (Lipinski definition) is 5. The molecule has 2 heterocycles. The molecule has 8 heteroatoms. The van der Waals surface area contributed by atoms with E-state index in [-0.39, 0.29) is 11.8 Å². The summed E-state index contributed by atoms with van der Waals surface area (Å²) in [6.45, 7) is 3.00. The lowest BCUT2D eigenvalue weighted by molar-refractivity contribution is -0.384. The van der Waals surface area contributed by atoms with Crippen LogP contribution in [0.3, 0.4) is 0 Å². The standard InChI is InChI=1S/C16H19ClN4O3/c17-13-5-12(6-15(7-13)21(22)23)9-20-3-1-16(2-4-20)24-10-14-8-18-11-19-14/h5-8,11,16H,1-4,9-10H2,(H,18,19). The molecule has 0 radical (unpaired) electrons. The van der Waals surface area contributed by atoms with E-state index in [9.17, 15) is 10.1 Å². The highest BCUT2D eigenvalue weighted by Gasteiger charge is 2.20. The molecule has 1 N–H and O–H groups in total. The van der Waals surface area contributed by atoms with Crippen LogP contribution in [0.5, 0.6) is 0 Å². The van der Waals surface area contributed by atoms with Gasteiger partial charge in [0.15, 0.2) is 0 Å². The molecule has 1 aliphatic rings. The second-order valence-corrected chi connectivity index (χ2v) is 6.37. The number of nitrogens with zero attached hydrogens (tertiary/aromatic N) is 3. The van der Waals surface area contributed by atoms with Crippen LogP contribution in [0, 0.1) is 10.1 Å². The molecule has 1 fully saturated rings. The molecule has 0 unspecified atom stereocenters. The summed E-state index contributed by atoms with van der Waals surface area (Å²) in [5, 5.41) is 11.3. The fourth-order valence-corrected chi connectivity index (χ4v) is 3.15. The Bertz CT molecular complexity index is 685. The van der Waals surface area contributed by atoms with Crippen LogP contribution < -0.4 is 0 Å². The number of aromatic nitrogens is 2. The minimum Gasteiger partial charge on any atom is -0.372 e. The van der Waals surface area contributed by atoms with Gasteiger partial charge in [-0.05, 0) is 24.5 Å². The molecule has 2 aromatic rings. The SMILES string of the molecule is O=[N+]([O-])c1cc(Cl)cc(CN2CCC(OCc3cnc[nH]3)CC2)c1. The number of rotatable bonds is 6. The van der Waals surface area contributed by atoms with Crippen molar-refractivity contribution in [2.75, 3.05) is 13.1 Å². The first kappa shape index (κ1) is 16.9. The number of nitro benzene ring substituents is 1. The van der Waals surface area contributed by atoms with Crippen molar-refractivity contribution in [1.82, 2.24) is 14.9 Å². The fraction of sp³-hybridized carbons (Fsp3) is 0.438. The Kier molecular flexibility index (Phi) is 5.44. The maximum Gasteiger partial charge on any atom is 0.271 e. The lowest BCUT2D eigenvalue weighted by Gasteiger charge is -2.31. The van der Waals surface area contributed by atoms with E-state index in [0.717, 1.165) is 37.2 Å². The zero-order valence-corrected chi connectivity index (χ0v) is 13.9. The molecule has 3 rings (SSSR count). The summed E-state index contributed by atoms with van der Waals surface area (Å²) in [4.78, 5) is 19.8. The molecule has 0 atom stereocenters. The first-order chi connectivity index (χ1) is 11.6. The van der Waals surface area contributed by atoms with Crippen LogP contribution in [0.15, 0.2) is 30.7 Å². The van der Waals surface area contributed by atoms with Gasteiger partial charge in [-0.3, -0.25) is 15.0 Å². The van der Waals surface area contributed by atoms with Gasteiger partial charge in [-0.15, -0.1) is 0 Å². The molecule has 1 saturated heterocycles. The summed E-state index contributed by atoms with van der Waals surface area (Å²) in [5.74, 6) is 0. The summed E-state index contributed by atoms with van der Waals surface area (Å²) >= 11 is 5.97. The number of nitro groups is 1. The normalized spacial score (nSPS) is 16.4. The van der Waals surface area contributed by atoms with Gasteiger partial charge >= 0.3 is 0 Å². The zero-order valence-electron chi connectivity index (χ0n) is 13.2. The molecule has 24 heavy (non-hydrogen) atoms. The Hall–Kier alpha value is -1.96. The molecule has 128 valence electrons. The second kappa shape index (κ2) is 7.74. The highest BCUT2D eigenvalue weighted by Crippen LogP contribution is 2.23. The van der Waals surface area contributed by atoms with Crippen molar-refractivity contribution >= 4 is 17.3 Å². The number of piperidine rings is 1. The van der Waals surface area contributed by atoms with Crippen molar-refractivity contribution in [3.05, 3.63) is 57.1 Å². The number of benzene rings is 1. The first-order valence-electron chi connectivity index (χ1n) is 7.85. The van der Waals surface area contributed by atoms with E-state index in [2.05, 4.69) is 14.9 Å². The predicted octanol–water partition coefficient (Wildman–Crippen LogP) is 3.15. The Morgan fingerprint density at radius 3 is 2.83 bits per heavy atom. The number of likely N-dealkylation sites (tertiary alicyclic amines) is 1. The molecule has 1 aromatic heterocycles. The second-order valence-electron chi connectivity index (χ2n) is 5.94. The molecule has 0 saturated carbocycles. The van der Waals surface area contributed by atoms with Gasteiger partial charge in [0.2, 0.25) is 0 Å². The van der Waals surface area contributed by atoms with Gasteiger partial charge in [0.1, 0.15) is 0 Å². The molecule has 7 nitrogen and oxygen atoms in total. The first-order valence-corrected chi connectivity index (χ1v) is 8.23. The summed E-state index contributed by atoms with van der Waals surface area (Å²) < 4.78 is 5.89. The van der Waals surface area contributed by atoms with Crippen LogP contribution in [-0.2, 0) is 17.9 Å². The number of imidazole rings is 1. The molecule has 0 amide bonds. The van der Waals surface area contributed by atoms with Gasteiger partial charge in [0, 0.05) is 36.8 Å². The number of hydrogen-bond donors (Lipinski definition) is 1. The van der Waals surface area contributed by atoms with E-state index in [0.29, 0.717) is 18.2 Å². The summed E-state index contributed by atoms with van der Waals surface area (Å²) in [6, 6.07) is 4.75. The topological polar surface area (TPSA) is 84.3 Å². The number of ether oxygens (including phenoxy) is 1. The summed E-state index contributed by atoms with van der Waals surface area (Å²) in [7, 11) is 0. The van der Waals surface area contributed by atoms with Gasteiger partial charge in [-0.1, -0.05) is 11.6 Å². The molecule has 0 aliphatic carbocycles. The number of aromatic amines is 1. The number of halogens is 1. The molecule has 1 aliphatic heterocycles. The molecule has 0 spiro atoms. The Morgan fingerprint density at radius 1 is 1.38 bits per heavy atom. The maximum absolute atomic E-state index is 10.9. The maximum atomic E-state index is 10.9. The van der Waals surface area contributed by atoms with Crippen molar-refractivity contribution in [3.63, 3.8) is 0 Å². The number of nitrogens with one attached hydrogen (secondary N) is 1. The van der Waals surface area contributed by atoms with Crippen molar-refractivity contribution in [2.24, 2.45) is 0 Å². The largest absolute Gasteiger partial charge is 0.372 e. The van der Waals surface area contributed by atoms with Crippen LogP contribution >= 0.6 is 11.6 Å². The Labute approximate surface area is 144 Å². The third-order valence-corrected chi connectivity index (χ3v) is 4.34. The molecular weight excluding hydrogens is 332 g/mol. The highest BCUT2D eigenvalue weighted by atomic mass is 35.5. The third-order valence-electron chi connectivity index (χ3n) is 4.12. The molecular formula is C16H19ClN4O3. The summed E-state index contributed by atoms with van der Waals surface area (Å²) in [6.07, 6.45) is 5.53. The van der Waals surface area contributed by atoms with E-state index in [1.165, 1.54) is 6.07 Å². The summed E-state index contributed by atoms with van der Waals surface area (Å²) in [5.41, 5.74) is 1.88. The van der Waals surface area contributed by atoms with Crippen LogP contribution in [0.1, 0.15) is 24.1 Å². The van der Waals surface area contributed by atoms with E-state index in [1.54, 1.807) is 24.7 Å². The van der Waals surface area contributed by atoms with E-state index in [4.69, 9.17) is 16.3 Å². The fourth-order valence-electron chi connectivity index (χ4n) is 2.89. The van der Waals surface area contributed by atoms with E-state index >= 15 is 0 Å². The Morgan fingerprint density at radius 2 is 2.17 bits per heavy atom. The number of non-ortho nitro benzene ring substituents is 1. The van der Waals surface area contributed by atoms with E-state index in [1.807, 2.05) is 0 Å². The minimum absolute atomic E-state index is 0.0373. The monoisotopic (exact) mass is 350 g/mol. The van der Waals surface area contributed by atoms with Crippen molar-refractivity contribution in [2.45, 2.75) is 32.1 Å². The third kappa shape index (κ3) is 4.53. The quantitative estimate of drug-likeness (QED) is 0.639. The highest BCUT2D eigenvalue weighted by molar-refractivity contribution is 6.30. The predicted molar refractivity (Wildman–Crippen MR) is 89.8 cm³/mol. The van der Waals surface area contributed by atoms with Crippen molar-refractivity contribution in [1.29, 1.82) is 0 Å². The van der Waals surface area contributed by atoms with Crippen LogP contribution in [0.4, 0.5) is 5.69 Å². The van der Waals surface area contributed by atoms with Crippen LogP contribution in [0.25, 0.3) is 0 Å². The lowest BCUT2D eigenvalue weighted by atomic mass is 10.1. The molecule has 0 bridgehead atoms. The Balaban J connectivity index is 1.49. The van der Waals surface area contributed by atoms with Gasteiger partial charge in [-0.25, -0.2) is 4.98 Å². The average molecular weight is 351 g/mol. The van der Waals surface area contributed by atoms with Crippen molar-refractivity contribution < 1.29 is 9.66 Å². The van der Waals surface area contributed by atoms with Gasteiger partial charge < -0.3 is 9.72 Å². The smallest absolute Gasteiger partial charge is 0.271 e. The number of H-pyrrole nitrogens is 1. The van der Waals surface area contributed by atoms with Crippen LogP contribution in [-0.4, -0.2) is 39.0 Å². The van der Waals surface area contributed by atoms with Gasteiger partial charge in [0.25, 0.3) is 5.69 Å². The van der Waals surface area contributed by atoms with Gasteiger partial charge in [0.05, 0.1) is 35.9 Å². The van der Waals surface area contributed by atoms with E-state index < -0.39 is 4.92 Å². The van der Waals surface area contributed by atoms with Crippen LogP contribution in [0.2, 0.25) is 5.02 Å².